The molecule has 0 unspecified atom stereocenters. The van der Waals surface area contributed by atoms with Crippen molar-refractivity contribution in [2.24, 2.45) is 15.7 Å². The lowest BCUT2D eigenvalue weighted by Crippen LogP contribution is -2.42. The van der Waals surface area contributed by atoms with Crippen LogP contribution in [0.25, 0.3) is 0 Å². The van der Waals surface area contributed by atoms with Crippen molar-refractivity contribution < 1.29 is 4.74 Å². The lowest BCUT2D eigenvalue weighted by atomic mass is 10.1. The van der Waals surface area contributed by atoms with Gasteiger partial charge in [0.15, 0.2) is 0 Å². The highest BCUT2D eigenvalue weighted by Crippen LogP contribution is 2.33. The zero-order chi connectivity index (χ0) is 17.2. The summed E-state index contributed by atoms with van der Waals surface area (Å²) in [6, 6.07) is 16.4. The van der Waals surface area contributed by atoms with Gasteiger partial charge < -0.3 is 15.4 Å². The summed E-state index contributed by atoms with van der Waals surface area (Å²) in [5.41, 5.74) is 9.80. The predicted octanol–water partition coefficient (Wildman–Crippen LogP) is 3.26. The summed E-state index contributed by atoms with van der Waals surface area (Å²) in [4.78, 5) is 11.7. The number of benzene rings is 2. The van der Waals surface area contributed by atoms with Gasteiger partial charge in [-0.25, -0.2) is 4.99 Å². The van der Waals surface area contributed by atoms with Crippen LogP contribution in [0.3, 0.4) is 0 Å². The fraction of sp³-hybridized carbons (Fsp3) is 0.300. The molecular weight excluding hydrogens is 312 g/mol. The Kier molecular flexibility index (Phi) is 4.14. The summed E-state index contributed by atoms with van der Waals surface area (Å²) < 4.78 is 5.18. The van der Waals surface area contributed by atoms with Crippen LogP contribution in [0, 0.1) is 0 Å². The molecule has 0 amide bonds. The zero-order valence-electron chi connectivity index (χ0n) is 14.4. The summed E-state index contributed by atoms with van der Waals surface area (Å²) in [5, 5.41) is 0. The largest absolute Gasteiger partial charge is 0.497 e. The highest BCUT2D eigenvalue weighted by atomic mass is 16.5. The molecule has 2 aromatic carbocycles. The second-order valence-electron chi connectivity index (χ2n) is 6.43. The van der Waals surface area contributed by atoms with Gasteiger partial charge in [-0.1, -0.05) is 30.3 Å². The van der Waals surface area contributed by atoms with Crippen LogP contribution in [0.4, 0.5) is 5.69 Å². The van der Waals surface area contributed by atoms with Crippen LogP contribution in [0.15, 0.2) is 58.5 Å². The number of methoxy groups -OCH3 is 1. The summed E-state index contributed by atoms with van der Waals surface area (Å²) in [7, 11) is 1.67. The minimum atomic E-state index is 0.144. The lowest BCUT2D eigenvalue weighted by molar-refractivity contribution is 0.390. The number of rotatable bonds is 4. The van der Waals surface area contributed by atoms with Gasteiger partial charge in [0.2, 0.25) is 0 Å². The number of aliphatic imine (C=N–C) groups is 2. The molecule has 2 aliphatic rings. The van der Waals surface area contributed by atoms with Gasteiger partial charge in [-0.3, -0.25) is 4.99 Å². The molecule has 0 saturated carbocycles. The molecule has 1 saturated heterocycles. The van der Waals surface area contributed by atoms with Crippen molar-refractivity contribution >= 4 is 17.4 Å². The lowest BCUT2D eigenvalue weighted by Gasteiger charge is -2.30. The first-order chi connectivity index (χ1) is 12.2. The number of nitrogens with two attached hydrogens (primary N) is 1. The number of hydrogen-bond donors (Lipinski definition) is 1. The average molecular weight is 334 g/mol. The van der Waals surface area contributed by atoms with E-state index in [0.717, 1.165) is 42.2 Å². The van der Waals surface area contributed by atoms with Crippen LogP contribution in [0.1, 0.15) is 24.0 Å². The number of para-hydroxylation sites is 1. The van der Waals surface area contributed by atoms with Crippen LogP contribution in [0.2, 0.25) is 0 Å². The topological polar surface area (TPSA) is 63.2 Å². The first-order valence-electron chi connectivity index (χ1n) is 8.59. The molecule has 0 aliphatic carbocycles. The third kappa shape index (κ3) is 3.09. The van der Waals surface area contributed by atoms with Crippen molar-refractivity contribution in [3.8, 4) is 5.75 Å². The maximum atomic E-state index is 6.34. The van der Waals surface area contributed by atoms with Crippen molar-refractivity contribution in [1.82, 2.24) is 4.90 Å². The van der Waals surface area contributed by atoms with Crippen molar-refractivity contribution in [3.63, 3.8) is 0 Å². The molecule has 0 aromatic heterocycles. The van der Waals surface area contributed by atoms with Crippen molar-refractivity contribution in [1.29, 1.82) is 0 Å². The molecule has 1 fully saturated rings. The maximum absolute atomic E-state index is 6.34. The molecule has 2 heterocycles. The molecule has 5 nitrogen and oxygen atoms in total. The van der Waals surface area contributed by atoms with E-state index in [1.165, 1.54) is 5.56 Å². The Hall–Kier alpha value is -2.82. The van der Waals surface area contributed by atoms with E-state index in [1.807, 2.05) is 30.3 Å². The zero-order valence-corrected chi connectivity index (χ0v) is 14.4. The predicted molar refractivity (Wildman–Crippen MR) is 100 cm³/mol. The molecule has 2 aromatic rings. The highest BCUT2D eigenvalue weighted by Gasteiger charge is 2.34. The molecule has 0 spiro atoms. The van der Waals surface area contributed by atoms with Crippen molar-refractivity contribution in [2.45, 2.75) is 32.0 Å². The summed E-state index contributed by atoms with van der Waals surface area (Å²) >= 11 is 0. The summed E-state index contributed by atoms with van der Waals surface area (Å²) in [5.74, 6) is 2.68. The fourth-order valence-corrected chi connectivity index (χ4v) is 3.47. The molecule has 0 bridgehead atoms. The van der Waals surface area contributed by atoms with E-state index in [-0.39, 0.29) is 6.04 Å². The molecule has 4 rings (SSSR count). The molecule has 5 heteroatoms. The summed E-state index contributed by atoms with van der Waals surface area (Å²) in [6.45, 7) is 1.45. The molecule has 2 N–H and O–H groups in total. The smallest absolute Gasteiger partial charge is 0.118 e. The number of nitrogens with zero attached hydrogens (tertiary/aromatic N) is 3. The van der Waals surface area contributed by atoms with E-state index >= 15 is 0 Å². The monoisotopic (exact) mass is 334 g/mol. The Labute approximate surface area is 147 Å². The van der Waals surface area contributed by atoms with E-state index in [0.29, 0.717) is 12.4 Å². The van der Waals surface area contributed by atoms with Gasteiger partial charge in [0.25, 0.3) is 0 Å². The highest BCUT2D eigenvalue weighted by molar-refractivity contribution is 5.97. The Bertz CT molecular complexity index is 826. The maximum Gasteiger partial charge on any atom is 0.118 e. The average Bonchev–Trinajstić information content (AvgIpc) is 3.07. The molecular formula is C20H22N4O. The minimum Gasteiger partial charge on any atom is -0.497 e. The van der Waals surface area contributed by atoms with Gasteiger partial charge in [0.05, 0.1) is 25.4 Å². The van der Waals surface area contributed by atoms with E-state index in [4.69, 9.17) is 15.5 Å². The Morgan fingerprint density at radius 3 is 2.84 bits per heavy atom. The van der Waals surface area contributed by atoms with Crippen LogP contribution in [-0.4, -0.2) is 29.7 Å². The minimum absolute atomic E-state index is 0.144. The molecule has 2 aliphatic heterocycles. The van der Waals surface area contributed by atoms with E-state index in [9.17, 15) is 0 Å². The van der Waals surface area contributed by atoms with Gasteiger partial charge >= 0.3 is 0 Å². The van der Waals surface area contributed by atoms with Gasteiger partial charge in [-0.2, -0.15) is 0 Å². The van der Waals surface area contributed by atoms with Gasteiger partial charge in [0.1, 0.15) is 17.4 Å². The van der Waals surface area contributed by atoms with E-state index in [1.54, 1.807) is 7.11 Å². The Balaban J connectivity index is 1.48. The van der Waals surface area contributed by atoms with Crippen LogP contribution in [-0.2, 0) is 13.1 Å². The standard InChI is InChI=1S/C20H22N4O/c1-25-16-8-6-14(7-9-16)12-22-20(21)18-10-11-19-23-17-5-3-2-4-15(17)13-24(18)19/h2-9,18H,10-13H2,1H3,(H2,21,22)/t18-/m0/s1. The molecule has 0 radical (unpaired) electrons. The fourth-order valence-electron chi connectivity index (χ4n) is 3.47. The number of fused-ring (bicyclic) bond motifs is 2. The van der Waals surface area contributed by atoms with Crippen LogP contribution >= 0.6 is 0 Å². The third-order valence-corrected chi connectivity index (χ3v) is 4.88. The molecule has 128 valence electrons. The van der Waals surface area contributed by atoms with E-state index in [2.05, 4.69) is 28.1 Å². The Morgan fingerprint density at radius 1 is 1.24 bits per heavy atom. The molecule has 1 atom stereocenters. The van der Waals surface area contributed by atoms with Crippen molar-refractivity contribution in [2.75, 3.05) is 7.11 Å². The molecule has 25 heavy (non-hydrogen) atoms. The number of amidine groups is 2. The number of hydrogen-bond acceptors (Lipinski definition) is 4. The van der Waals surface area contributed by atoms with Gasteiger partial charge in [0, 0.05) is 13.0 Å². The second-order valence-corrected chi connectivity index (χ2v) is 6.43. The first-order valence-corrected chi connectivity index (χ1v) is 8.59. The quantitative estimate of drug-likeness (QED) is 0.689. The van der Waals surface area contributed by atoms with Crippen LogP contribution in [0.5, 0.6) is 5.75 Å². The Morgan fingerprint density at radius 2 is 2.04 bits per heavy atom. The summed E-state index contributed by atoms with van der Waals surface area (Å²) in [6.07, 6.45) is 1.93. The first kappa shape index (κ1) is 15.7. The second kappa shape index (κ2) is 6.59. The third-order valence-electron chi connectivity index (χ3n) is 4.88. The van der Waals surface area contributed by atoms with E-state index < -0.39 is 0 Å². The van der Waals surface area contributed by atoms with Crippen molar-refractivity contribution in [3.05, 3.63) is 59.7 Å². The van der Waals surface area contributed by atoms with Gasteiger partial charge in [-0.05, 0) is 35.7 Å². The SMILES string of the molecule is COc1ccc(CN=C(N)[C@@H]2CCC3=Nc4ccccc4CN32)cc1. The van der Waals surface area contributed by atoms with Crippen LogP contribution < -0.4 is 10.5 Å². The number of ether oxygens (including phenoxy) is 1. The van der Waals surface area contributed by atoms with Gasteiger partial charge in [-0.15, -0.1) is 0 Å². The normalized spacial score (nSPS) is 19.2.